The largest absolute Gasteiger partial charge is 0.289 e. The Hall–Kier alpha value is -0.570. The first-order chi connectivity index (χ1) is 6.15. The summed E-state index contributed by atoms with van der Waals surface area (Å²) in [6, 6.07) is 0. The average molecular weight is 187 g/mol. The molecule has 0 saturated heterocycles. The Kier molecular flexibility index (Phi) is 6.59. The molecule has 1 amide bonds. The molecule has 0 aliphatic rings. The summed E-state index contributed by atoms with van der Waals surface area (Å²) in [6.45, 7) is 6.52. The molecule has 0 aliphatic heterocycles. The number of nitrogens with one attached hydrogen (secondary N) is 1. The number of hydroxylamine groups is 1. The third-order valence-electron chi connectivity index (χ3n) is 2.80. The van der Waals surface area contributed by atoms with Crippen LogP contribution in [-0.2, 0) is 4.79 Å². The lowest BCUT2D eigenvalue weighted by atomic mass is 9.86. The third-order valence-corrected chi connectivity index (χ3v) is 2.80. The van der Waals surface area contributed by atoms with E-state index in [1.165, 1.54) is 12.8 Å². The molecule has 0 saturated carbocycles. The highest BCUT2D eigenvalue weighted by Crippen LogP contribution is 2.23. The lowest BCUT2D eigenvalue weighted by molar-refractivity contribution is -0.129. The predicted molar refractivity (Wildman–Crippen MR) is 52.4 cm³/mol. The van der Waals surface area contributed by atoms with Crippen LogP contribution in [0.1, 0.15) is 46.5 Å². The van der Waals surface area contributed by atoms with Gasteiger partial charge >= 0.3 is 0 Å². The van der Waals surface area contributed by atoms with Crippen molar-refractivity contribution >= 4 is 5.91 Å². The lowest BCUT2D eigenvalue weighted by Crippen LogP contribution is -2.20. The summed E-state index contributed by atoms with van der Waals surface area (Å²) in [6.07, 6.45) is 3.61. The number of carbonyl (C=O) groups excluding carboxylic acids is 1. The summed E-state index contributed by atoms with van der Waals surface area (Å²) in [5.41, 5.74) is 1.66. The van der Waals surface area contributed by atoms with Crippen molar-refractivity contribution in [2.24, 2.45) is 11.8 Å². The number of hydrogen-bond donors (Lipinski definition) is 2. The van der Waals surface area contributed by atoms with Gasteiger partial charge in [0, 0.05) is 6.42 Å². The van der Waals surface area contributed by atoms with Crippen molar-refractivity contribution < 1.29 is 10.0 Å². The van der Waals surface area contributed by atoms with E-state index in [9.17, 15) is 4.79 Å². The van der Waals surface area contributed by atoms with E-state index in [2.05, 4.69) is 20.8 Å². The van der Waals surface area contributed by atoms with Crippen molar-refractivity contribution in [3.05, 3.63) is 0 Å². The zero-order valence-electron chi connectivity index (χ0n) is 8.84. The number of amides is 1. The number of carbonyl (C=O) groups is 1. The Morgan fingerprint density at radius 1 is 1.38 bits per heavy atom. The molecule has 0 bridgehead atoms. The molecule has 1 atom stereocenters. The van der Waals surface area contributed by atoms with E-state index in [-0.39, 0.29) is 5.91 Å². The topological polar surface area (TPSA) is 49.3 Å². The standard InChI is InChI=1S/C10H21NO2/c1-4-9(5-2)8(3)6-7-10(12)11-13/h8-9,13H,4-7H2,1-3H3,(H,11,12). The normalized spacial score (nSPS) is 13.0. The van der Waals surface area contributed by atoms with Crippen LogP contribution >= 0.6 is 0 Å². The Labute approximate surface area is 80.5 Å². The monoisotopic (exact) mass is 187 g/mol. The number of hydrogen-bond acceptors (Lipinski definition) is 2. The third kappa shape index (κ3) is 4.88. The van der Waals surface area contributed by atoms with Crippen LogP contribution in [0, 0.1) is 11.8 Å². The first-order valence-electron chi connectivity index (χ1n) is 5.08. The zero-order valence-corrected chi connectivity index (χ0v) is 8.84. The molecule has 0 heterocycles. The smallest absolute Gasteiger partial charge is 0.243 e. The maximum Gasteiger partial charge on any atom is 0.243 e. The van der Waals surface area contributed by atoms with Gasteiger partial charge in [0.1, 0.15) is 0 Å². The Morgan fingerprint density at radius 2 is 1.92 bits per heavy atom. The van der Waals surface area contributed by atoms with Crippen molar-refractivity contribution in [1.82, 2.24) is 5.48 Å². The maximum atomic E-state index is 10.8. The average Bonchev–Trinajstić information content (AvgIpc) is 2.16. The molecule has 0 spiro atoms. The second-order valence-electron chi connectivity index (χ2n) is 3.63. The van der Waals surface area contributed by atoms with Crippen molar-refractivity contribution in [3.63, 3.8) is 0 Å². The van der Waals surface area contributed by atoms with Crippen LogP contribution in [0.2, 0.25) is 0 Å². The summed E-state index contributed by atoms with van der Waals surface area (Å²) in [5, 5.41) is 8.30. The van der Waals surface area contributed by atoms with Gasteiger partial charge in [-0.1, -0.05) is 33.6 Å². The van der Waals surface area contributed by atoms with E-state index >= 15 is 0 Å². The van der Waals surface area contributed by atoms with Crippen molar-refractivity contribution in [1.29, 1.82) is 0 Å². The van der Waals surface area contributed by atoms with Crippen LogP contribution in [0.15, 0.2) is 0 Å². The SMILES string of the molecule is CCC(CC)C(C)CCC(=O)NO. The molecule has 0 aliphatic carbocycles. The molecule has 78 valence electrons. The minimum Gasteiger partial charge on any atom is -0.289 e. The molecule has 1 unspecified atom stereocenters. The quantitative estimate of drug-likeness (QED) is 0.495. The van der Waals surface area contributed by atoms with Gasteiger partial charge in [-0.15, -0.1) is 0 Å². The molecular weight excluding hydrogens is 166 g/mol. The van der Waals surface area contributed by atoms with Crippen LogP contribution in [0.4, 0.5) is 0 Å². The van der Waals surface area contributed by atoms with Gasteiger partial charge in [0.25, 0.3) is 0 Å². The van der Waals surface area contributed by atoms with Gasteiger partial charge in [-0.25, -0.2) is 5.48 Å². The Bertz CT molecular complexity index is 144. The van der Waals surface area contributed by atoms with Crippen molar-refractivity contribution in [2.75, 3.05) is 0 Å². The van der Waals surface area contributed by atoms with Crippen LogP contribution in [0.5, 0.6) is 0 Å². The van der Waals surface area contributed by atoms with Crippen LogP contribution in [0.25, 0.3) is 0 Å². The molecule has 0 radical (unpaired) electrons. The minimum absolute atomic E-state index is 0.280. The molecule has 0 rings (SSSR count). The molecule has 0 aromatic heterocycles. The Morgan fingerprint density at radius 3 is 2.31 bits per heavy atom. The fourth-order valence-corrected chi connectivity index (χ4v) is 1.74. The molecule has 0 aromatic rings. The van der Waals surface area contributed by atoms with Gasteiger partial charge in [-0.3, -0.25) is 10.0 Å². The summed E-state index contributed by atoms with van der Waals surface area (Å²) in [5.74, 6) is 0.983. The van der Waals surface area contributed by atoms with Crippen LogP contribution in [-0.4, -0.2) is 11.1 Å². The van der Waals surface area contributed by atoms with Gasteiger partial charge in [-0.2, -0.15) is 0 Å². The lowest BCUT2D eigenvalue weighted by Gasteiger charge is -2.20. The zero-order chi connectivity index (χ0) is 10.3. The highest BCUT2D eigenvalue weighted by atomic mass is 16.5. The van der Waals surface area contributed by atoms with E-state index in [1.54, 1.807) is 5.48 Å². The molecule has 13 heavy (non-hydrogen) atoms. The predicted octanol–water partition coefficient (Wildman–Crippen LogP) is 2.34. The van der Waals surface area contributed by atoms with Gasteiger partial charge < -0.3 is 0 Å². The molecular formula is C10H21NO2. The van der Waals surface area contributed by atoms with E-state index in [0.717, 1.165) is 6.42 Å². The maximum absolute atomic E-state index is 10.8. The molecule has 0 aromatic carbocycles. The van der Waals surface area contributed by atoms with Crippen LogP contribution in [0.3, 0.4) is 0 Å². The van der Waals surface area contributed by atoms with Crippen LogP contribution < -0.4 is 5.48 Å². The first-order valence-corrected chi connectivity index (χ1v) is 5.08. The second kappa shape index (κ2) is 6.89. The van der Waals surface area contributed by atoms with Crippen molar-refractivity contribution in [3.8, 4) is 0 Å². The minimum atomic E-state index is -0.280. The van der Waals surface area contributed by atoms with E-state index in [4.69, 9.17) is 5.21 Å². The highest BCUT2D eigenvalue weighted by Gasteiger charge is 2.14. The molecule has 0 fully saturated rings. The second-order valence-corrected chi connectivity index (χ2v) is 3.63. The van der Waals surface area contributed by atoms with Gasteiger partial charge in [0.05, 0.1) is 0 Å². The summed E-state index contributed by atoms with van der Waals surface area (Å²) in [4.78, 5) is 10.8. The fourth-order valence-electron chi connectivity index (χ4n) is 1.74. The summed E-state index contributed by atoms with van der Waals surface area (Å²) in [7, 11) is 0. The Balaban J connectivity index is 3.71. The molecule has 3 nitrogen and oxygen atoms in total. The molecule has 3 heteroatoms. The van der Waals surface area contributed by atoms with Gasteiger partial charge in [0.15, 0.2) is 0 Å². The number of rotatable bonds is 6. The first kappa shape index (κ1) is 12.4. The summed E-state index contributed by atoms with van der Waals surface area (Å²) >= 11 is 0. The van der Waals surface area contributed by atoms with Crippen molar-refractivity contribution in [2.45, 2.75) is 46.5 Å². The van der Waals surface area contributed by atoms with Gasteiger partial charge in [0.2, 0.25) is 5.91 Å². The van der Waals surface area contributed by atoms with E-state index in [1.807, 2.05) is 0 Å². The van der Waals surface area contributed by atoms with Gasteiger partial charge in [-0.05, 0) is 18.3 Å². The summed E-state index contributed by atoms with van der Waals surface area (Å²) < 4.78 is 0. The molecule has 2 N–H and O–H groups in total. The van der Waals surface area contributed by atoms with E-state index in [0.29, 0.717) is 18.3 Å². The van der Waals surface area contributed by atoms with E-state index < -0.39 is 0 Å². The fraction of sp³-hybridized carbons (Fsp3) is 0.900. The highest BCUT2D eigenvalue weighted by molar-refractivity contribution is 5.74.